The summed E-state index contributed by atoms with van der Waals surface area (Å²) in [6.45, 7) is 7.24. The van der Waals surface area contributed by atoms with Crippen molar-refractivity contribution in [1.29, 1.82) is 0 Å². The summed E-state index contributed by atoms with van der Waals surface area (Å²) in [6, 6.07) is 13.8. The Morgan fingerprint density at radius 2 is 1.91 bits per heavy atom. The molecule has 1 N–H and O–H groups in total. The Morgan fingerprint density at radius 3 is 2.52 bits per heavy atom. The van der Waals surface area contributed by atoms with Crippen LogP contribution in [-0.4, -0.2) is 23.0 Å². The van der Waals surface area contributed by atoms with Gasteiger partial charge in [0.05, 0.1) is 12.2 Å². The number of carbonyl (C=O) groups excluding carboxylic acids is 1. The minimum absolute atomic E-state index is 0.0403. The molecule has 1 heterocycles. The molecule has 0 aliphatic rings. The minimum atomic E-state index is -0.0403. The molecule has 0 spiro atoms. The van der Waals surface area contributed by atoms with Crippen LogP contribution in [0.15, 0.2) is 53.1 Å². The van der Waals surface area contributed by atoms with Crippen molar-refractivity contribution in [1.82, 2.24) is 5.32 Å². The number of amides is 1. The quantitative estimate of drug-likeness (QED) is 0.762. The molecule has 0 saturated heterocycles. The first-order valence-corrected chi connectivity index (χ1v) is 8.93. The lowest BCUT2D eigenvalue weighted by Crippen LogP contribution is -2.28. The van der Waals surface area contributed by atoms with E-state index in [9.17, 15) is 4.79 Å². The molecule has 0 saturated carbocycles. The topological polar surface area (TPSA) is 42.2 Å². The van der Waals surface area contributed by atoms with Crippen molar-refractivity contribution in [3.05, 3.63) is 60.1 Å². The zero-order valence-corrected chi connectivity index (χ0v) is 14.9. The zero-order valence-electron chi connectivity index (χ0n) is 14.0. The Kier molecular flexibility index (Phi) is 6.34. The molecule has 1 aromatic heterocycles. The zero-order chi connectivity index (χ0) is 16.7. The lowest BCUT2D eigenvalue weighted by molar-refractivity contribution is -0.121. The highest BCUT2D eigenvalue weighted by Gasteiger charge is 2.20. The van der Waals surface area contributed by atoms with Crippen LogP contribution in [0.3, 0.4) is 0 Å². The first kappa shape index (κ1) is 17.7. The van der Waals surface area contributed by atoms with E-state index in [0.717, 1.165) is 17.1 Å². The van der Waals surface area contributed by atoms with Gasteiger partial charge in [0.2, 0.25) is 5.91 Å². The predicted molar refractivity (Wildman–Crippen MR) is 96.8 cm³/mol. The molecule has 0 aliphatic carbocycles. The largest absolute Gasteiger partial charge is 0.469 e. The SMILES string of the molecule is CC(C)(C)SCCNC(=O)CC(c1ccccc1)c1ccco1. The molecule has 124 valence electrons. The van der Waals surface area contributed by atoms with Gasteiger partial charge in [-0.25, -0.2) is 0 Å². The number of hydrogen-bond donors (Lipinski definition) is 1. The van der Waals surface area contributed by atoms with Crippen molar-refractivity contribution in [3.63, 3.8) is 0 Å². The number of benzene rings is 1. The maximum atomic E-state index is 12.3. The van der Waals surface area contributed by atoms with Gasteiger partial charge in [0, 0.05) is 23.5 Å². The van der Waals surface area contributed by atoms with Crippen molar-refractivity contribution in [2.45, 2.75) is 37.9 Å². The molecule has 0 radical (unpaired) electrons. The van der Waals surface area contributed by atoms with Gasteiger partial charge in [-0.2, -0.15) is 11.8 Å². The third kappa shape index (κ3) is 6.14. The average Bonchev–Trinajstić information content (AvgIpc) is 3.03. The van der Waals surface area contributed by atoms with Gasteiger partial charge in [0.25, 0.3) is 0 Å². The van der Waals surface area contributed by atoms with Gasteiger partial charge in [-0.05, 0) is 17.7 Å². The van der Waals surface area contributed by atoms with Crippen LogP contribution in [0.4, 0.5) is 0 Å². The van der Waals surface area contributed by atoms with Crippen molar-refractivity contribution in [2.75, 3.05) is 12.3 Å². The van der Waals surface area contributed by atoms with Gasteiger partial charge < -0.3 is 9.73 Å². The van der Waals surface area contributed by atoms with Crippen LogP contribution in [-0.2, 0) is 4.79 Å². The summed E-state index contributed by atoms with van der Waals surface area (Å²) in [7, 11) is 0. The van der Waals surface area contributed by atoms with Crippen LogP contribution in [0, 0.1) is 0 Å². The summed E-state index contributed by atoms with van der Waals surface area (Å²) in [5.41, 5.74) is 1.10. The molecule has 3 nitrogen and oxygen atoms in total. The number of thioether (sulfide) groups is 1. The van der Waals surface area contributed by atoms with Crippen LogP contribution >= 0.6 is 11.8 Å². The van der Waals surface area contributed by atoms with E-state index < -0.39 is 0 Å². The second-order valence-electron chi connectivity index (χ2n) is 6.49. The molecule has 1 atom stereocenters. The molecule has 1 aromatic carbocycles. The van der Waals surface area contributed by atoms with Crippen molar-refractivity contribution >= 4 is 17.7 Å². The molecule has 2 aromatic rings. The van der Waals surface area contributed by atoms with Crippen molar-refractivity contribution < 1.29 is 9.21 Å². The molecule has 2 rings (SSSR count). The highest BCUT2D eigenvalue weighted by molar-refractivity contribution is 8.00. The molecule has 1 amide bonds. The van der Waals surface area contributed by atoms with E-state index in [2.05, 4.69) is 26.1 Å². The molecule has 1 unspecified atom stereocenters. The molecule has 0 fully saturated rings. The number of furan rings is 1. The fraction of sp³-hybridized carbons (Fsp3) is 0.421. The highest BCUT2D eigenvalue weighted by atomic mass is 32.2. The summed E-state index contributed by atoms with van der Waals surface area (Å²) >= 11 is 1.86. The summed E-state index contributed by atoms with van der Waals surface area (Å²) in [4.78, 5) is 12.3. The molecular weight excluding hydrogens is 306 g/mol. The second-order valence-corrected chi connectivity index (χ2v) is 8.42. The monoisotopic (exact) mass is 331 g/mol. The lowest BCUT2D eigenvalue weighted by Gasteiger charge is -2.18. The Morgan fingerprint density at radius 1 is 1.17 bits per heavy atom. The van der Waals surface area contributed by atoms with Gasteiger partial charge >= 0.3 is 0 Å². The number of nitrogens with one attached hydrogen (secondary N) is 1. The highest BCUT2D eigenvalue weighted by Crippen LogP contribution is 2.28. The third-order valence-corrected chi connectivity index (χ3v) is 4.71. The first-order valence-electron chi connectivity index (χ1n) is 7.95. The predicted octanol–water partition coefficient (Wildman–Crippen LogP) is 4.45. The second kappa shape index (κ2) is 8.25. The summed E-state index contributed by atoms with van der Waals surface area (Å²) < 4.78 is 5.76. The Balaban J connectivity index is 1.92. The van der Waals surface area contributed by atoms with Crippen LogP contribution in [0.2, 0.25) is 0 Å². The van der Waals surface area contributed by atoms with Gasteiger partial charge in [-0.3, -0.25) is 4.79 Å². The molecule has 23 heavy (non-hydrogen) atoms. The van der Waals surface area contributed by atoms with Crippen molar-refractivity contribution in [2.24, 2.45) is 0 Å². The van der Waals surface area contributed by atoms with Crippen LogP contribution in [0.25, 0.3) is 0 Å². The van der Waals surface area contributed by atoms with Gasteiger partial charge in [-0.15, -0.1) is 0 Å². The Hall–Kier alpha value is -1.68. The van der Waals surface area contributed by atoms with E-state index in [1.54, 1.807) is 6.26 Å². The fourth-order valence-corrected chi connectivity index (χ4v) is 3.18. The Labute approximate surface area is 142 Å². The van der Waals surface area contributed by atoms with E-state index in [-0.39, 0.29) is 16.6 Å². The first-order chi connectivity index (χ1) is 11.0. The van der Waals surface area contributed by atoms with E-state index in [1.165, 1.54) is 0 Å². The van der Waals surface area contributed by atoms with Gasteiger partial charge in [0.15, 0.2) is 0 Å². The average molecular weight is 331 g/mol. The van der Waals surface area contributed by atoms with Gasteiger partial charge in [0.1, 0.15) is 5.76 Å². The Bertz CT molecular complexity index is 588. The minimum Gasteiger partial charge on any atom is -0.469 e. The van der Waals surface area contributed by atoms with E-state index in [0.29, 0.717) is 13.0 Å². The third-order valence-electron chi connectivity index (χ3n) is 3.44. The fourth-order valence-electron chi connectivity index (χ4n) is 2.36. The number of carbonyl (C=O) groups is 1. The number of rotatable bonds is 7. The van der Waals surface area contributed by atoms with Gasteiger partial charge in [-0.1, -0.05) is 51.1 Å². The van der Waals surface area contributed by atoms with E-state index in [1.807, 2.05) is 54.2 Å². The molecule has 4 heteroatoms. The normalized spacial score (nSPS) is 12.8. The smallest absolute Gasteiger partial charge is 0.221 e. The summed E-state index contributed by atoms with van der Waals surface area (Å²) in [6.07, 6.45) is 2.06. The van der Waals surface area contributed by atoms with Crippen LogP contribution in [0.1, 0.15) is 44.4 Å². The standard InChI is InChI=1S/C19H25NO2S/c1-19(2,3)23-13-11-20-18(21)14-16(17-10-7-12-22-17)15-8-5-4-6-9-15/h4-10,12,16H,11,13-14H2,1-3H3,(H,20,21). The molecule has 0 bridgehead atoms. The maximum absolute atomic E-state index is 12.3. The van der Waals surface area contributed by atoms with Crippen LogP contribution in [0.5, 0.6) is 0 Å². The molecular formula is C19H25NO2S. The molecule has 0 aliphatic heterocycles. The van der Waals surface area contributed by atoms with Crippen molar-refractivity contribution in [3.8, 4) is 0 Å². The van der Waals surface area contributed by atoms with E-state index >= 15 is 0 Å². The summed E-state index contributed by atoms with van der Waals surface area (Å²) in [5, 5.41) is 3.02. The number of hydrogen-bond acceptors (Lipinski definition) is 3. The maximum Gasteiger partial charge on any atom is 0.221 e. The van der Waals surface area contributed by atoms with Crippen LogP contribution < -0.4 is 5.32 Å². The summed E-state index contributed by atoms with van der Waals surface area (Å²) in [5.74, 6) is 1.77. The lowest BCUT2D eigenvalue weighted by atomic mass is 9.93. The van der Waals surface area contributed by atoms with E-state index in [4.69, 9.17) is 4.42 Å².